The maximum absolute atomic E-state index is 14.1. The summed E-state index contributed by atoms with van der Waals surface area (Å²) >= 11 is 0. The maximum Gasteiger partial charge on any atom is 0.408 e. The molecule has 2 aliphatic rings. The zero-order valence-electron chi connectivity index (χ0n) is 33.3. The largest absolute Gasteiger partial charge is 0.447 e. The topological polar surface area (TPSA) is 153 Å². The molecule has 0 spiro atoms. The molecule has 0 unspecified atom stereocenters. The highest BCUT2D eigenvalue weighted by Gasteiger charge is 2.37. The third-order valence-electron chi connectivity index (χ3n) is 10.5. The Balaban J connectivity index is 1.00. The number of aromatic nitrogens is 3. The SMILES string of the molecule is CCCN(CC(=O)Nc1ccc(-c2cc3cc(-c4cnc([C@@H]5CCCN5C(=O)[C@H](NC(=O)OC(C)C)c5ccccc5)[nH]4)ccc3[nH]2)cc1)C(=O)CC1=CCCC=C1. The number of carbonyl (C=O) groups excluding carboxylic acids is 4. The molecule has 4 amide bonds. The van der Waals surface area contributed by atoms with Gasteiger partial charge in [-0.05, 0) is 93.0 Å². The van der Waals surface area contributed by atoms with E-state index < -0.39 is 12.1 Å². The first-order valence-electron chi connectivity index (χ1n) is 20.2. The van der Waals surface area contributed by atoms with Crippen LogP contribution in [-0.4, -0.2) is 74.3 Å². The van der Waals surface area contributed by atoms with Crippen LogP contribution in [0.25, 0.3) is 33.4 Å². The number of amides is 4. The number of rotatable bonds is 14. The zero-order chi connectivity index (χ0) is 40.6. The summed E-state index contributed by atoms with van der Waals surface area (Å²) < 4.78 is 5.33. The zero-order valence-corrected chi connectivity index (χ0v) is 33.3. The van der Waals surface area contributed by atoms with Gasteiger partial charge in [-0.25, -0.2) is 9.78 Å². The van der Waals surface area contributed by atoms with Crippen LogP contribution in [0.3, 0.4) is 0 Å². The second-order valence-corrected chi connectivity index (χ2v) is 15.2. The summed E-state index contributed by atoms with van der Waals surface area (Å²) in [5, 5.41) is 6.76. The Bertz CT molecular complexity index is 2310. The van der Waals surface area contributed by atoms with Gasteiger partial charge in [-0.15, -0.1) is 0 Å². The van der Waals surface area contributed by atoms with E-state index in [1.54, 1.807) is 29.8 Å². The Morgan fingerprint density at radius 3 is 2.48 bits per heavy atom. The number of nitrogens with one attached hydrogen (secondary N) is 4. The number of alkyl carbamates (subject to hydrolysis) is 1. The van der Waals surface area contributed by atoms with Gasteiger partial charge in [0.1, 0.15) is 11.9 Å². The van der Waals surface area contributed by atoms with E-state index >= 15 is 0 Å². The van der Waals surface area contributed by atoms with Gasteiger partial charge in [0.15, 0.2) is 0 Å². The van der Waals surface area contributed by atoms with E-state index in [1.165, 1.54) is 0 Å². The number of aromatic amines is 2. The summed E-state index contributed by atoms with van der Waals surface area (Å²) in [5.74, 6) is 0.211. The monoisotopic (exact) mass is 781 g/mol. The molecular formula is C46H51N7O5. The van der Waals surface area contributed by atoms with Crippen LogP contribution in [0, 0.1) is 0 Å². The van der Waals surface area contributed by atoms with Crippen LogP contribution in [0.4, 0.5) is 10.5 Å². The third kappa shape index (κ3) is 9.56. The molecule has 1 aliphatic heterocycles. The van der Waals surface area contributed by atoms with Crippen molar-refractivity contribution in [2.45, 2.75) is 77.5 Å². The van der Waals surface area contributed by atoms with Gasteiger partial charge in [-0.3, -0.25) is 14.4 Å². The molecule has 12 heteroatoms. The molecule has 2 aromatic heterocycles. The molecule has 1 aliphatic carbocycles. The van der Waals surface area contributed by atoms with Crippen LogP contribution in [-0.2, 0) is 19.1 Å². The molecular weight excluding hydrogens is 731 g/mol. The second kappa shape index (κ2) is 18.2. The minimum absolute atomic E-state index is 0.00734. The van der Waals surface area contributed by atoms with E-state index in [0.717, 1.165) is 71.1 Å². The summed E-state index contributed by atoms with van der Waals surface area (Å²) in [6, 6.07) is 23.9. The quantitative estimate of drug-likeness (QED) is 0.0886. The van der Waals surface area contributed by atoms with Crippen LogP contribution < -0.4 is 10.6 Å². The Morgan fingerprint density at radius 1 is 0.948 bits per heavy atom. The molecule has 58 heavy (non-hydrogen) atoms. The number of likely N-dealkylation sites (tertiary alicyclic amines) is 1. The van der Waals surface area contributed by atoms with E-state index in [0.29, 0.717) is 36.6 Å². The normalized spacial score (nSPS) is 15.6. The van der Waals surface area contributed by atoms with Crippen LogP contribution in [0.1, 0.15) is 82.8 Å². The summed E-state index contributed by atoms with van der Waals surface area (Å²) in [5.41, 5.74) is 7.00. The molecule has 3 heterocycles. The second-order valence-electron chi connectivity index (χ2n) is 15.2. The maximum atomic E-state index is 14.1. The summed E-state index contributed by atoms with van der Waals surface area (Å²) in [7, 11) is 0. The molecule has 4 N–H and O–H groups in total. The third-order valence-corrected chi connectivity index (χ3v) is 10.5. The fourth-order valence-electron chi connectivity index (χ4n) is 7.64. The fourth-order valence-corrected chi connectivity index (χ4v) is 7.64. The Hall–Kier alpha value is -6.43. The summed E-state index contributed by atoms with van der Waals surface area (Å²) in [6.07, 6.45) is 11.6. The molecule has 3 aromatic carbocycles. The van der Waals surface area contributed by atoms with Gasteiger partial charge in [0, 0.05) is 40.9 Å². The average molecular weight is 782 g/mol. The smallest absolute Gasteiger partial charge is 0.408 e. The van der Waals surface area contributed by atoms with Crippen molar-refractivity contribution in [1.29, 1.82) is 0 Å². The van der Waals surface area contributed by atoms with Crippen molar-refractivity contribution in [3.05, 3.63) is 120 Å². The van der Waals surface area contributed by atoms with Gasteiger partial charge in [0.25, 0.3) is 5.91 Å². The van der Waals surface area contributed by atoms with Crippen molar-refractivity contribution in [3.8, 4) is 22.5 Å². The first-order valence-corrected chi connectivity index (χ1v) is 20.2. The Morgan fingerprint density at radius 2 is 1.74 bits per heavy atom. The lowest BCUT2D eigenvalue weighted by atomic mass is 10.0. The van der Waals surface area contributed by atoms with Gasteiger partial charge in [0.05, 0.1) is 37.0 Å². The lowest BCUT2D eigenvalue weighted by Crippen LogP contribution is -2.43. The number of allylic oxidation sites excluding steroid dienone is 3. The van der Waals surface area contributed by atoms with Crippen molar-refractivity contribution in [3.63, 3.8) is 0 Å². The van der Waals surface area contributed by atoms with Crippen molar-refractivity contribution >= 4 is 40.4 Å². The number of H-pyrrole nitrogens is 2. The minimum atomic E-state index is -0.895. The first kappa shape index (κ1) is 39.8. The van der Waals surface area contributed by atoms with Gasteiger partial charge < -0.3 is 35.1 Å². The molecule has 7 rings (SSSR count). The molecule has 0 radical (unpaired) electrons. The van der Waals surface area contributed by atoms with E-state index in [2.05, 4.69) is 44.9 Å². The molecule has 0 saturated carbocycles. The average Bonchev–Trinajstić information content (AvgIpc) is 4.00. The highest BCUT2D eigenvalue weighted by molar-refractivity contribution is 5.95. The number of carbonyl (C=O) groups is 4. The molecule has 5 aromatic rings. The summed E-state index contributed by atoms with van der Waals surface area (Å²) in [4.78, 5) is 67.9. The van der Waals surface area contributed by atoms with Crippen LogP contribution in [0.5, 0.6) is 0 Å². The Labute approximate surface area is 338 Å². The molecule has 1 saturated heterocycles. The highest BCUT2D eigenvalue weighted by atomic mass is 16.6. The van der Waals surface area contributed by atoms with Crippen molar-refractivity contribution in [2.75, 3.05) is 25.0 Å². The van der Waals surface area contributed by atoms with Gasteiger partial charge in [-0.2, -0.15) is 0 Å². The van der Waals surface area contributed by atoms with Crippen LogP contribution >= 0.6 is 0 Å². The lowest BCUT2D eigenvalue weighted by molar-refractivity contribution is -0.134. The molecule has 0 bridgehead atoms. The number of fused-ring (bicyclic) bond motifs is 1. The van der Waals surface area contributed by atoms with Gasteiger partial charge in [0.2, 0.25) is 11.8 Å². The van der Waals surface area contributed by atoms with E-state index in [1.807, 2.05) is 79.7 Å². The highest BCUT2D eigenvalue weighted by Crippen LogP contribution is 2.35. The molecule has 300 valence electrons. The number of nitrogens with zero attached hydrogens (tertiary/aromatic N) is 3. The number of anilines is 1. The van der Waals surface area contributed by atoms with Crippen LogP contribution in [0.2, 0.25) is 0 Å². The first-order chi connectivity index (χ1) is 28.1. The molecule has 1 fully saturated rings. The van der Waals surface area contributed by atoms with Crippen LogP contribution in [0.15, 0.2) is 109 Å². The van der Waals surface area contributed by atoms with Crippen molar-refractivity contribution in [1.82, 2.24) is 30.1 Å². The van der Waals surface area contributed by atoms with Gasteiger partial charge in [-0.1, -0.05) is 73.7 Å². The standard InChI is InChI=1S/C46H51N7O5/c1-4-23-52(42(55)25-31-12-7-5-8-13-31)29-41(54)48-36-20-17-32(18-21-36)38-27-35-26-34(19-22-37(35)49-38)39-28-47-44(50-39)40-16-11-24-53(40)45(56)43(33-14-9-6-10-15-33)51-46(57)58-30(2)3/h6-7,9-10,12-15,17-22,26-28,30,40,43,49H,4-5,8,11,16,23-25,29H2,1-3H3,(H,47,50)(H,48,54)(H,51,57)/t40-,43+/m0/s1. The van der Waals surface area contributed by atoms with Crippen molar-refractivity contribution < 1.29 is 23.9 Å². The Kier molecular flexibility index (Phi) is 12.5. The number of hydrogen-bond donors (Lipinski definition) is 4. The predicted molar refractivity (Wildman–Crippen MR) is 226 cm³/mol. The van der Waals surface area contributed by atoms with Gasteiger partial charge >= 0.3 is 6.09 Å². The fraction of sp³-hybridized carbons (Fsp3) is 0.326. The van der Waals surface area contributed by atoms with E-state index in [-0.39, 0.29) is 36.4 Å². The molecule has 2 atom stereocenters. The lowest BCUT2D eigenvalue weighted by Gasteiger charge is -2.28. The van der Waals surface area contributed by atoms with E-state index in [9.17, 15) is 19.2 Å². The number of ether oxygens (including phenoxy) is 1. The number of hydrogen-bond acceptors (Lipinski definition) is 6. The van der Waals surface area contributed by atoms with Crippen molar-refractivity contribution in [2.24, 2.45) is 0 Å². The minimum Gasteiger partial charge on any atom is -0.447 e. The van der Waals surface area contributed by atoms with E-state index in [4.69, 9.17) is 9.72 Å². The molecule has 12 nitrogen and oxygen atoms in total. The number of benzene rings is 3. The predicted octanol–water partition coefficient (Wildman–Crippen LogP) is 8.61. The number of imidazole rings is 1. The summed E-state index contributed by atoms with van der Waals surface area (Å²) in [6.45, 7) is 6.62.